The first-order valence-electron chi connectivity index (χ1n) is 4.83. The largest absolute Gasteiger partial charge is 0.259 e. The highest BCUT2D eigenvalue weighted by molar-refractivity contribution is 9.10. The summed E-state index contributed by atoms with van der Waals surface area (Å²) >= 11 is 3.42. The fourth-order valence-corrected chi connectivity index (χ4v) is 3.39. The predicted octanol–water partition coefficient (Wildman–Crippen LogP) is 3.11. The summed E-state index contributed by atoms with van der Waals surface area (Å²) in [5.74, 6) is 2.35. The van der Waals surface area contributed by atoms with Crippen LogP contribution < -0.4 is 0 Å². The van der Waals surface area contributed by atoms with Crippen molar-refractivity contribution in [1.29, 1.82) is 0 Å². The molecule has 0 N–H and O–H groups in total. The van der Waals surface area contributed by atoms with Crippen LogP contribution in [0.2, 0.25) is 0 Å². The molecule has 1 aromatic rings. The summed E-state index contributed by atoms with van der Waals surface area (Å²) < 4.78 is 12.7. The van der Waals surface area contributed by atoms with Crippen molar-refractivity contribution >= 4 is 26.7 Å². The molecule has 0 spiro atoms. The number of halogens is 1. The first kappa shape index (κ1) is 10.4. The van der Waals surface area contributed by atoms with E-state index in [1.165, 1.54) is 18.4 Å². The summed E-state index contributed by atoms with van der Waals surface area (Å²) in [5.41, 5.74) is 1.17. The maximum atomic E-state index is 11.7. The van der Waals surface area contributed by atoms with E-state index in [1.54, 1.807) is 0 Å². The summed E-state index contributed by atoms with van der Waals surface area (Å²) in [7, 11) is -0.668. The molecule has 0 bridgehead atoms. The Bertz CT molecular complexity index is 347. The molecular weight excluding hydrogens is 260 g/mol. The van der Waals surface area contributed by atoms with E-state index in [9.17, 15) is 4.21 Å². The highest BCUT2D eigenvalue weighted by Crippen LogP contribution is 2.30. The Balaban J connectivity index is 1.92. The Kier molecular flexibility index (Phi) is 3.39. The van der Waals surface area contributed by atoms with Gasteiger partial charge >= 0.3 is 0 Å². The standard InChI is InChI=1S/C11H13BrOS/c12-11-3-1-2-10(6-11)8-14(13)7-9-4-5-9/h1-3,6,9H,4-5,7-8H2/t14-/m1/s1. The van der Waals surface area contributed by atoms with Crippen molar-refractivity contribution in [3.63, 3.8) is 0 Å². The Morgan fingerprint density at radius 1 is 1.43 bits per heavy atom. The van der Waals surface area contributed by atoms with Crippen molar-refractivity contribution in [1.82, 2.24) is 0 Å². The van der Waals surface area contributed by atoms with Gasteiger partial charge in [0.25, 0.3) is 0 Å². The van der Waals surface area contributed by atoms with Gasteiger partial charge < -0.3 is 0 Å². The van der Waals surface area contributed by atoms with Crippen molar-refractivity contribution in [2.75, 3.05) is 5.75 Å². The van der Waals surface area contributed by atoms with Crippen LogP contribution >= 0.6 is 15.9 Å². The quantitative estimate of drug-likeness (QED) is 0.823. The van der Waals surface area contributed by atoms with Gasteiger partial charge in [-0.2, -0.15) is 0 Å². The van der Waals surface area contributed by atoms with Gasteiger partial charge in [0, 0.05) is 26.8 Å². The molecule has 0 unspecified atom stereocenters. The van der Waals surface area contributed by atoms with E-state index in [1.807, 2.05) is 24.3 Å². The number of rotatable bonds is 4. The van der Waals surface area contributed by atoms with Crippen LogP contribution in [0.25, 0.3) is 0 Å². The zero-order valence-electron chi connectivity index (χ0n) is 7.91. The summed E-state index contributed by atoms with van der Waals surface area (Å²) in [6.45, 7) is 0. The van der Waals surface area contributed by atoms with Crippen LogP contribution in [0.4, 0.5) is 0 Å². The third-order valence-electron chi connectivity index (χ3n) is 2.34. The van der Waals surface area contributed by atoms with E-state index in [-0.39, 0.29) is 0 Å². The molecule has 1 aliphatic rings. The SMILES string of the molecule is O=[S@@](Cc1cccc(Br)c1)CC1CC1. The number of hydrogen-bond acceptors (Lipinski definition) is 1. The van der Waals surface area contributed by atoms with Crippen LogP contribution in [-0.2, 0) is 16.6 Å². The molecule has 1 saturated carbocycles. The van der Waals surface area contributed by atoms with Crippen molar-refractivity contribution < 1.29 is 4.21 Å². The fourth-order valence-electron chi connectivity index (χ4n) is 1.42. The lowest BCUT2D eigenvalue weighted by Crippen LogP contribution is -2.02. The van der Waals surface area contributed by atoms with Gasteiger partial charge in [-0.3, -0.25) is 4.21 Å². The topological polar surface area (TPSA) is 17.1 Å². The number of hydrogen-bond donors (Lipinski definition) is 0. The molecule has 1 atom stereocenters. The van der Waals surface area contributed by atoms with E-state index < -0.39 is 10.8 Å². The zero-order valence-corrected chi connectivity index (χ0v) is 10.3. The van der Waals surface area contributed by atoms with Crippen LogP contribution in [0.5, 0.6) is 0 Å². The van der Waals surface area contributed by atoms with Crippen LogP contribution in [0.1, 0.15) is 18.4 Å². The zero-order chi connectivity index (χ0) is 9.97. The second-order valence-corrected chi connectivity index (χ2v) is 6.24. The Hall–Kier alpha value is -0.150. The van der Waals surface area contributed by atoms with Gasteiger partial charge in [0.1, 0.15) is 0 Å². The van der Waals surface area contributed by atoms with Gasteiger partial charge in [0.2, 0.25) is 0 Å². The van der Waals surface area contributed by atoms with Gasteiger partial charge in [-0.1, -0.05) is 28.1 Å². The van der Waals surface area contributed by atoms with Crippen LogP contribution in [-0.4, -0.2) is 9.96 Å². The monoisotopic (exact) mass is 272 g/mol. The summed E-state index contributed by atoms with van der Waals surface area (Å²) in [4.78, 5) is 0. The molecular formula is C11H13BrOS. The maximum absolute atomic E-state index is 11.7. The summed E-state index contributed by atoms with van der Waals surface area (Å²) in [6, 6.07) is 8.07. The third-order valence-corrected chi connectivity index (χ3v) is 4.33. The first-order valence-corrected chi connectivity index (χ1v) is 7.11. The summed E-state index contributed by atoms with van der Waals surface area (Å²) in [5, 5.41) is 0. The molecule has 3 heteroatoms. The minimum absolute atomic E-state index is 0.668. The van der Waals surface area contributed by atoms with Crippen molar-refractivity contribution in [2.45, 2.75) is 18.6 Å². The Morgan fingerprint density at radius 3 is 2.86 bits per heavy atom. The fraction of sp³-hybridized carbons (Fsp3) is 0.455. The third kappa shape index (κ3) is 3.21. The predicted molar refractivity (Wildman–Crippen MR) is 63.6 cm³/mol. The molecule has 1 nitrogen and oxygen atoms in total. The van der Waals surface area contributed by atoms with E-state index >= 15 is 0 Å². The molecule has 1 aliphatic carbocycles. The van der Waals surface area contributed by atoms with Gasteiger partial charge in [-0.05, 0) is 36.5 Å². The van der Waals surface area contributed by atoms with Crippen LogP contribution in [0.3, 0.4) is 0 Å². The Labute approximate surface area is 95.5 Å². The molecule has 0 aromatic heterocycles. The lowest BCUT2D eigenvalue weighted by atomic mass is 10.2. The van der Waals surface area contributed by atoms with E-state index in [4.69, 9.17) is 0 Å². The number of benzene rings is 1. The average Bonchev–Trinajstić information content (AvgIpc) is 2.87. The molecule has 14 heavy (non-hydrogen) atoms. The maximum Gasteiger partial charge on any atom is 0.0486 e. The lowest BCUT2D eigenvalue weighted by Gasteiger charge is -2.01. The second kappa shape index (κ2) is 4.58. The van der Waals surface area contributed by atoms with Gasteiger partial charge in [0.05, 0.1) is 0 Å². The molecule has 0 radical (unpaired) electrons. The Morgan fingerprint density at radius 2 is 2.21 bits per heavy atom. The average molecular weight is 273 g/mol. The summed E-state index contributed by atoms with van der Waals surface area (Å²) in [6.07, 6.45) is 2.56. The van der Waals surface area contributed by atoms with E-state index in [0.29, 0.717) is 5.75 Å². The highest BCUT2D eigenvalue weighted by Gasteiger charge is 2.23. The first-order chi connectivity index (χ1) is 6.74. The molecule has 76 valence electrons. The van der Waals surface area contributed by atoms with Crippen LogP contribution in [0, 0.1) is 5.92 Å². The normalized spacial score (nSPS) is 18.1. The van der Waals surface area contributed by atoms with Crippen LogP contribution in [0.15, 0.2) is 28.7 Å². The van der Waals surface area contributed by atoms with Gasteiger partial charge in [-0.15, -0.1) is 0 Å². The van der Waals surface area contributed by atoms with Gasteiger partial charge in [0.15, 0.2) is 0 Å². The molecule has 0 amide bonds. The molecule has 0 saturated heterocycles. The highest BCUT2D eigenvalue weighted by atomic mass is 79.9. The molecule has 1 aromatic carbocycles. The minimum atomic E-state index is -0.668. The molecule has 0 aliphatic heterocycles. The molecule has 1 fully saturated rings. The molecule has 2 rings (SSSR count). The van der Waals surface area contributed by atoms with E-state index in [0.717, 1.165) is 16.1 Å². The smallest absolute Gasteiger partial charge is 0.0486 e. The van der Waals surface area contributed by atoms with Crippen molar-refractivity contribution in [3.8, 4) is 0 Å². The molecule has 0 heterocycles. The lowest BCUT2D eigenvalue weighted by molar-refractivity contribution is 0.679. The second-order valence-electron chi connectivity index (χ2n) is 3.82. The van der Waals surface area contributed by atoms with Crippen molar-refractivity contribution in [3.05, 3.63) is 34.3 Å². The van der Waals surface area contributed by atoms with Crippen molar-refractivity contribution in [2.24, 2.45) is 5.92 Å². The van der Waals surface area contributed by atoms with E-state index in [2.05, 4.69) is 15.9 Å². The van der Waals surface area contributed by atoms with Gasteiger partial charge in [-0.25, -0.2) is 0 Å². The minimum Gasteiger partial charge on any atom is -0.259 e.